The molecule has 1 N–H and O–H groups in total. The minimum atomic E-state index is -1.05. The van der Waals surface area contributed by atoms with Gasteiger partial charge in [-0.05, 0) is 24.3 Å². The summed E-state index contributed by atoms with van der Waals surface area (Å²) in [6.07, 6.45) is 0. The van der Waals surface area contributed by atoms with Crippen LogP contribution in [-0.2, 0) is 0 Å². The number of carboxylic acids is 1. The monoisotopic (exact) mass is 343 g/mol. The molecule has 0 unspecified atom stereocenters. The van der Waals surface area contributed by atoms with Crippen molar-refractivity contribution in [2.75, 3.05) is 4.90 Å². The van der Waals surface area contributed by atoms with Gasteiger partial charge in [0.1, 0.15) is 0 Å². The van der Waals surface area contributed by atoms with Crippen LogP contribution in [0.4, 0.5) is 5.69 Å². The second kappa shape index (κ2) is 4.86. The highest BCUT2D eigenvalue weighted by molar-refractivity contribution is 9.10. The van der Waals surface area contributed by atoms with Crippen molar-refractivity contribution in [2.45, 2.75) is 0 Å². The van der Waals surface area contributed by atoms with E-state index in [2.05, 4.69) is 22.5 Å². The third kappa shape index (κ3) is 2.15. The summed E-state index contributed by atoms with van der Waals surface area (Å²) in [6.45, 7) is 3.95. The molecule has 5 heteroatoms. The zero-order valence-electron chi connectivity index (χ0n) is 10.8. The molecule has 1 amide bonds. The van der Waals surface area contributed by atoms with Crippen LogP contribution < -0.4 is 4.90 Å². The molecular formula is C16H10BrNO3. The van der Waals surface area contributed by atoms with E-state index in [4.69, 9.17) is 5.11 Å². The molecule has 0 saturated carbocycles. The number of carbonyl (C=O) groups excluding carboxylic acids is 1. The average molecular weight is 344 g/mol. The highest BCUT2D eigenvalue weighted by atomic mass is 79.9. The SMILES string of the molecule is C=C1c2ccccc2C(=O)N1c1cc(Br)cc(C(=O)O)c1. The fourth-order valence-corrected chi connectivity index (χ4v) is 2.87. The number of amides is 1. The largest absolute Gasteiger partial charge is 0.478 e. The Kier molecular flexibility index (Phi) is 3.14. The highest BCUT2D eigenvalue weighted by Gasteiger charge is 2.32. The van der Waals surface area contributed by atoms with Crippen molar-refractivity contribution in [3.05, 3.63) is 70.2 Å². The number of fused-ring (bicyclic) bond motifs is 1. The number of anilines is 1. The van der Waals surface area contributed by atoms with Crippen LogP contribution in [0.15, 0.2) is 53.5 Å². The summed E-state index contributed by atoms with van der Waals surface area (Å²) in [5.41, 5.74) is 2.47. The molecule has 21 heavy (non-hydrogen) atoms. The molecule has 0 aliphatic carbocycles. The molecule has 1 aliphatic heterocycles. The van der Waals surface area contributed by atoms with Gasteiger partial charge in [-0.3, -0.25) is 9.69 Å². The quantitative estimate of drug-likeness (QED) is 0.902. The third-order valence-electron chi connectivity index (χ3n) is 3.33. The molecule has 0 aromatic heterocycles. The minimum Gasteiger partial charge on any atom is -0.478 e. The Morgan fingerprint density at radius 2 is 1.81 bits per heavy atom. The molecule has 3 rings (SSSR count). The zero-order chi connectivity index (χ0) is 15.1. The van der Waals surface area contributed by atoms with Gasteiger partial charge >= 0.3 is 5.97 Å². The van der Waals surface area contributed by atoms with Gasteiger partial charge in [0, 0.05) is 15.6 Å². The van der Waals surface area contributed by atoms with Crippen LogP contribution in [0.25, 0.3) is 5.70 Å². The Bertz CT molecular complexity index is 763. The Morgan fingerprint density at radius 1 is 1.14 bits per heavy atom. The summed E-state index contributed by atoms with van der Waals surface area (Å²) in [4.78, 5) is 25.1. The maximum atomic E-state index is 12.5. The van der Waals surface area contributed by atoms with E-state index in [9.17, 15) is 9.59 Å². The van der Waals surface area contributed by atoms with Crippen LogP contribution in [0.1, 0.15) is 26.3 Å². The summed E-state index contributed by atoms with van der Waals surface area (Å²) < 4.78 is 0.592. The molecule has 0 bridgehead atoms. The molecule has 0 atom stereocenters. The number of hydrogen-bond donors (Lipinski definition) is 1. The standard InChI is InChI=1S/C16H10BrNO3/c1-9-13-4-2-3-5-14(13)15(19)18(9)12-7-10(16(20)21)6-11(17)8-12/h2-8H,1H2,(H,20,21). The smallest absolute Gasteiger partial charge is 0.335 e. The number of carbonyl (C=O) groups is 2. The Labute approximate surface area is 129 Å². The number of hydrogen-bond acceptors (Lipinski definition) is 2. The second-order valence-electron chi connectivity index (χ2n) is 4.64. The maximum absolute atomic E-state index is 12.5. The number of aromatic carboxylic acids is 1. The van der Waals surface area contributed by atoms with Gasteiger partial charge in [-0.25, -0.2) is 4.79 Å². The van der Waals surface area contributed by atoms with Crippen molar-refractivity contribution >= 4 is 39.2 Å². The first-order valence-electron chi connectivity index (χ1n) is 6.15. The topological polar surface area (TPSA) is 57.6 Å². The second-order valence-corrected chi connectivity index (χ2v) is 5.55. The first kappa shape index (κ1) is 13.6. The van der Waals surface area contributed by atoms with Gasteiger partial charge in [0.15, 0.2) is 0 Å². The van der Waals surface area contributed by atoms with Crippen molar-refractivity contribution in [3.8, 4) is 0 Å². The molecule has 2 aromatic carbocycles. The minimum absolute atomic E-state index is 0.107. The summed E-state index contributed by atoms with van der Waals surface area (Å²) in [6, 6.07) is 11.8. The summed E-state index contributed by atoms with van der Waals surface area (Å²) in [7, 11) is 0. The third-order valence-corrected chi connectivity index (χ3v) is 3.79. The van der Waals surface area contributed by atoms with E-state index in [1.54, 1.807) is 18.2 Å². The van der Waals surface area contributed by atoms with Crippen LogP contribution in [0.2, 0.25) is 0 Å². The maximum Gasteiger partial charge on any atom is 0.335 e. The van der Waals surface area contributed by atoms with E-state index in [0.29, 0.717) is 21.4 Å². The van der Waals surface area contributed by atoms with E-state index in [0.717, 1.165) is 5.56 Å². The lowest BCUT2D eigenvalue weighted by Gasteiger charge is -2.18. The lowest BCUT2D eigenvalue weighted by Crippen LogP contribution is -2.22. The van der Waals surface area contributed by atoms with Gasteiger partial charge in [-0.1, -0.05) is 40.7 Å². The van der Waals surface area contributed by atoms with Crippen molar-refractivity contribution in [3.63, 3.8) is 0 Å². The predicted molar refractivity (Wildman–Crippen MR) is 83.4 cm³/mol. The molecule has 0 saturated heterocycles. The first-order valence-corrected chi connectivity index (χ1v) is 6.95. The number of carboxylic acid groups (broad SMARTS) is 1. The van der Waals surface area contributed by atoms with Crippen LogP contribution in [0.5, 0.6) is 0 Å². The highest BCUT2D eigenvalue weighted by Crippen LogP contribution is 2.36. The van der Waals surface area contributed by atoms with Crippen molar-refractivity contribution in [2.24, 2.45) is 0 Å². The normalized spacial score (nSPS) is 13.5. The Morgan fingerprint density at radius 3 is 2.43 bits per heavy atom. The summed E-state index contributed by atoms with van der Waals surface area (Å²) in [5, 5.41) is 9.14. The van der Waals surface area contributed by atoms with Crippen LogP contribution in [-0.4, -0.2) is 17.0 Å². The molecule has 0 spiro atoms. The van der Waals surface area contributed by atoms with Crippen molar-refractivity contribution in [1.29, 1.82) is 0 Å². The fourth-order valence-electron chi connectivity index (χ4n) is 2.38. The summed E-state index contributed by atoms with van der Waals surface area (Å²) in [5.74, 6) is -1.25. The van der Waals surface area contributed by atoms with Gasteiger partial charge in [0.05, 0.1) is 16.9 Å². The number of rotatable bonds is 2. The molecule has 0 radical (unpaired) electrons. The number of halogens is 1. The van der Waals surface area contributed by atoms with E-state index in [-0.39, 0.29) is 11.5 Å². The molecule has 1 heterocycles. The lowest BCUT2D eigenvalue weighted by molar-refractivity contribution is 0.0696. The van der Waals surface area contributed by atoms with Crippen LogP contribution >= 0.6 is 15.9 Å². The molecule has 2 aromatic rings. The Balaban J connectivity index is 2.13. The van der Waals surface area contributed by atoms with Gasteiger partial charge < -0.3 is 5.11 Å². The van der Waals surface area contributed by atoms with E-state index in [1.165, 1.54) is 17.0 Å². The molecule has 1 aliphatic rings. The molecule has 104 valence electrons. The van der Waals surface area contributed by atoms with E-state index < -0.39 is 5.97 Å². The van der Waals surface area contributed by atoms with Crippen LogP contribution in [0.3, 0.4) is 0 Å². The fraction of sp³-hybridized carbons (Fsp3) is 0. The predicted octanol–water partition coefficient (Wildman–Crippen LogP) is 3.78. The van der Waals surface area contributed by atoms with Gasteiger partial charge in [0.25, 0.3) is 5.91 Å². The number of nitrogens with zero attached hydrogens (tertiary/aromatic N) is 1. The number of benzene rings is 2. The van der Waals surface area contributed by atoms with Gasteiger partial charge in [-0.15, -0.1) is 0 Å². The van der Waals surface area contributed by atoms with Gasteiger partial charge in [-0.2, -0.15) is 0 Å². The lowest BCUT2D eigenvalue weighted by atomic mass is 10.1. The van der Waals surface area contributed by atoms with Crippen LogP contribution in [0, 0.1) is 0 Å². The summed E-state index contributed by atoms with van der Waals surface area (Å²) >= 11 is 3.27. The van der Waals surface area contributed by atoms with E-state index >= 15 is 0 Å². The molecule has 4 nitrogen and oxygen atoms in total. The van der Waals surface area contributed by atoms with E-state index in [1.807, 2.05) is 12.1 Å². The molecular weight excluding hydrogens is 334 g/mol. The first-order chi connectivity index (χ1) is 9.99. The van der Waals surface area contributed by atoms with Crippen molar-refractivity contribution < 1.29 is 14.7 Å². The average Bonchev–Trinajstić information content (AvgIpc) is 2.71. The molecule has 0 fully saturated rings. The van der Waals surface area contributed by atoms with Crippen molar-refractivity contribution in [1.82, 2.24) is 0 Å². The zero-order valence-corrected chi connectivity index (χ0v) is 12.4. The Hall–Kier alpha value is -2.40. The van der Waals surface area contributed by atoms with Gasteiger partial charge in [0.2, 0.25) is 0 Å².